The van der Waals surface area contributed by atoms with E-state index in [1.807, 2.05) is 6.92 Å². The second kappa shape index (κ2) is 3.78. The minimum atomic E-state index is -0.923. The van der Waals surface area contributed by atoms with Gasteiger partial charge in [0.2, 0.25) is 5.22 Å². The largest absolute Gasteiger partial charge is 0.442 e. The lowest BCUT2D eigenvalue weighted by Gasteiger charge is -2.23. The second-order valence-electron chi connectivity index (χ2n) is 2.28. The molecule has 0 fully saturated rings. The smallest absolute Gasteiger partial charge is 0.293 e. The van der Waals surface area contributed by atoms with Crippen LogP contribution in [0.5, 0.6) is 0 Å². The maximum absolute atomic E-state index is 11.1. The number of hydrogen-bond acceptors (Lipinski definition) is 3. The molecule has 1 unspecified atom stereocenters. The fourth-order valence-electron chi connectivity index (χ4n) is 0.858. The van der Waals surface area contributed by atoms with Crippen molar-refractivity contribution in [3.05, 3.63) is 10.9 Å². The van der Waals surface area contributed by atoms with Crippen molar-refractivity contribution in [1.82, 2.24) is 5.32 Å². The van der Waals surface area contributed by atoms with Crippen molar-refractivity contribution < 1.29 is 14.3 Å². The Morgan fingerprint density at radius 2 is 2.42 bits per heavy atom. The summed E-state index contributed by atoms with van der Waals surface area (Å²) in [4.78, 5) is 11.1. The minimum absolute atomic E-state index is 0.198. The van der Waals surface area contributed by atoms with Crippen LogP contribution in [0, 0.1) is 0 Å². The molecule has 0 aliphatic carbocycles. The number of allylic oxidation sites excluding steroid dienone is 1. The van der Waals surface area contributed by atoms with Gasteiger partial charge in [-0.2, -0.15) is 0 Å². The third-order valence-electron chi connectivity index (χ3n) is 1.50. The summed E-state index contributed by atoms with van der Waals surface area (Å²) in [5.41, 5.74) is 0.593. The van der Waals surface area contributed by atoms with Gasteiger partial charge in [0.15, 0.2) is 0 Å². The van der Waals surface area contributed by atoms with E-state index in [0.717, 1.165) is 0 Å². The number of rotatable bonds is 2. The summed E-state index contributed by atoms with van der Waals surface area (Å²) >= 11 is 5.68. The number of halogens is 1. The van der Waals surface area contributed by atoms with E-state index < -0.39 is 6.29 Å². The lowest BCUT2D eigenvalue weighted by atomic mass is 10.3. The van der Waals surface area contributed by atoms with E-state index in [1.165, 1.54) is 7.11 Å². The minimum Gasteiger partial charge on any atom is -0.442 e. The van der Waals surface area contributed by atoms with E-state index in [2.05, 4.69) is 5.32 Å². The molecule has 1 amide bonds. The van der Waals surface area contributed by atoms with Crippen LogP contribution in [0.4, 0.5) is 0 Å². The first kappa shape index (κ1) is 9.35. The summed E-state index contributed by atoms with van der Waals surface area (Å²) in [6, 6.07) is 0. The molecule has 1 aliphatic heterocycles. The quantitative estimate of drug-likeness (QED) is 0.706. The average Bonchev–Trinajstić information content (AvgIpc) is 2.08. The number of carbonyl (C=O) groups excluding carboxylic acids is 1. The van der Waals surface area contributed by atoms with Gasteiger partial charge in [0.05, 0.1) is 5.70 Å². The van der Waals surface area contributed by atoms with E-state index in [-0.39, 0.29) is 11.1 Å². The first-order valence-corrected chi connectivity index (χ1v) is 3.95. The Morgan fingerprint density at radius 3 is 2.92 bits per heavy atom. The van der Waals surface area contributed by atoms with Gasteiger partial charge in [-0.15, -0.1) is 0 Å². The third kappa shape index (κ3) is 1.70. The lowest BCUT2D eigenvalue weighted by molar-refractivity contribution is -0.158. The first-order chi connectivity index (χ1) is 5.69. The SMILES string of the molecule is CCC1=C(Cl)OC(OC)C(=O)N1. The molecule has 0 radical (unpaired) electrons. The molecule has 4 nitrogen and oxygen atoms in total. The maximum Gasteiger partial charge on any atom is 0.293 e. The van der Waals surface area contributed by atoms with Gasteiger partial charge in [0.1, 0.15) is 0 Å². The van der Waals surface area contributed by atoms with Gasteiger partial charge in [-0.3, -0.25) is 4.79 Å². The monoisotopic (exact) mass is 191 g/mol. The zero-order valence-corrected chi connectivity index (χ0v) is 7.64. The Labute approximate surface area is 75.5 Å². The van der Waals surface area contributed by atoms with Crippen LogP contribution < -0.4 is 5.32 Å². The van der Waals surface area contributed by atoms with Crippen LogP contribution in [0.2, 0.25) is 0 Å². The normalized spacial score (nSPS) is 23.6. The molecular weight excluding hydrogens is 182 g/mol. The molecule has 0 aromatic carbocycles. The van der Waals surface area contributed by atoms with Crippen molar-refractivity contribution in [2.75, 3.05) is 7.11 Å². The van der Waals surface area contributed by atoms with Crippen LogP contribution in [0.1, 0.15) is 13.3 Å². The lowest BCUT2D eigenvalue weighted by Crippen LogP contribution is -2.41. The van der Waals surface area contributed by atoms with Crippen LogP contribution in [0.15, 0.2) is 10.9 Å². The summed E-state index contributed by atoms with van der Waals surface area (Å²) in [5.74, 6) is -0.321. The molecular formula is C7H10ClNO3. The van der Waals surface area contributed by atoms with Gasteiger partial charge >= 0.3 is 0 Å². The highest BCUT2D eigenvalue weighted by molar-refractivity contribution is 6.29. The maximum atomic E-state index is 11.1. The van der Waals surface area contributed by atoms with Crippen LogP contribution in [-0.4, -0.2) is 19.3 Å². The van der Waals surface area contributed by atoms with E-state index in [4.69, 9.17) is 21.1 Å². The van der Waals surface area contributed by atoms with Crippen LogP contribution in [-0.2, 0) is 14.3 Å². The van der Waals surface area contributed by atoms with E-state index in [9.17, 15) is 4.79 Å². The summed E-state index contributed by atoms with van der Waals surface area (Å²) in [5, 5.41) is 2.77. The zero-order valence-electron chi connectivity index (χ0n) is 6.89. The average molecular weight is 192 g/mol. The van der Waals surface area contributed by atoms with Crippen molar-refractivity contribution in [2.45, 2.75) is 19.6 Å². The molecule has 1 atom stereocenters. The number of ether oxygens (including phenoxy) is 2. The molecule has 0 saturated heterocycles. The molecule has 0 spiro atoms. The molecule has 5 heteroatoms. The van der Waals surface area contributed by atoms with Crippen molar-refractivity contribution in [1.29, 1.82) is 0 Å². The van der Waals surface area contributed by atoms with E-state index in [0.29, 0.717) is 12.1 Å². The van der Waals surface area contributed by atoms with Gasteiger partial charge < -0.3 is 14.8 Å². The fourth-order valence-corrected chi connectivity index (χ4v) is 1.12. The standard InChI is InChI=1S/C7H10ClNO3/c1-3-4-5(8)12-7(11-2)6(10)9-4/h7H,3H2,1-2H3,(H,9,10). The van der Waals surface area contributed by atoms with Gasteiger partial charge in [-0.1, -0.05) is 6.92 Å². The number of hydrogen-bond donors (Lipinski definition) is 1. The van der Waals surface area contributed by atoms with E-state index >= 15 is 0 Å². The molecule has 0 bridgehead atoms. The van der Waals surface area contributed by atoms with Gasteiger partial charge in [-0.25, -0.2) is 0 Å². The molecule has 68 valence electrons. The van der Waals surface area contributed by atoms with Crippen molar-refractivity contribution >= 4 is 17.5 Å². The Balaban J connectivity index is 2.76. The molecule has 0 saturated carbocycles. The predicted octanol–water partition coefficient (Wildman–Crippen LogP) is 0.923. The second-order valence-corrected chi connectivity index (χ2v) is 2.62. The predicted molar refractivity (Wildman–Crippen MR) is 43.2 cm³/mol. The summed E-state index contributed by atoms with van der Waals surface area (Å²) in [6.07, 6.45) is -0.297. The Bertz CT molecular complexity index is 227. The molecule has 1 N–H and O–H groups in total. The third-order valence-corrected chi connectivity index (χ3v) is 1.82. The van der Waals surface area contributed by atoms with Crippen LogP contribution >= 0.6 is 11.6 Å². The number of amides is 1. The zero-order chi connectivity index (χ0) is 9.14. The Hall–Kier alpha value is -0.740. The topological polar surface area (TPSA) is 47.6 Å². The molecule has 1 rings (SSSR count). The highest BCUT2D eigenvalue weighted by Gasteiger charge is 2.27. The molecule has 0 aromatic heterocycles. The number of nitrogens with one attached hydrogen (secondary N) is 1. The van der Waals surface area contributed by atoms with Crippen LogP contribution in [0.3, 0.4) is 0 Å². The Kier molecular flexibility index (Phi) is 2.94. The first-order valence-electron chi connectivity index (χ1n) is 3.58. The highest BCUT2D eigenvalue weighted by Crippen LogP contribution is 2.19. The van der Waals surface area contributed by atoms with Gasteiger partial charge in [0.25, 0.3) is 12.2 Å². The summed E-state index contributed by atoms with van der Waals surface area (Å²) in [7, 11) is 1.38. The molecule has 1 aliphatic rings. The molecule has 12 heavy (non-hydrogen) atoms. The summed E-state index contributed by atoms with van der Waals surface area (Å²) < 4.78 is 9.68. The van der Waals surface area contributed by atoms with Crippen molar-refractivity contribution in [3.63, 3.8) is 0 Å². The van der Waals surface area contributed by atoms with Gasteiger partial charge in [0, 0.05) is 7.11 Å². The fraction of sp³-hybridized carbons (Fsp3) is 0.571. The van der Waals surface area contributed by atoms with Crippen LogP contribution in [0.25, 0.3) is 0 Å². The number of carbonyl (C=O) groups is 1. The molecule has 1 heterocycles. The highest BCUT2D eigenvalue weighted by atomic mass is 35.5. The molecule has 0 aromatic rings. The van der Waals surface area contributed by atoms with Crippen molar-refractivity contribution in [3.8, 4) is 0 Å². The van der Waals surface area contributed by atoms with Crippen molar-refractivity contribution in [2.24, 2.45) is 0 Å². The Morgan fingerprint density at radius 1 is 1.75 bits per heavy atom. The van der Waals surface area contributed by atoms with E-state index in [1.54, 1.807) is 0 Å². The summed E-state index contributed by atoms with van der Waals surface area (Å²) in [6.45, 7) is 1.87. The van der Waals surface area contributed by atoms with Gasteiger partial charge in [-0.05, 0) is 18.0 Å². The number of methoxy groups -OCH3 is 1.